The highest BCUT2D eigenvalue weighted by molar-refractivity contribution is 5.78. The summed E-state index contributed by atoms with van der Waals surface area (Å²) in [5.41, 5.74) is 3.47. The Hall–Kier alpha value is -2.49. The van der Waals surface area contributed by atoms with Crippen LogP contribution in [0, 0.1) is 6.92 Å². The van der Waals surface area contributed by atoms with E-state index in [-0.39, 0.29) is 5.69 Å². The standard InChI is InChI=1S/C15H14N2O2/c1-10-6-7-14-13(8-10)16-15(18)17(14)11-4-3-5-12(9-11)19-2/h3-9H,1-2H3,(H,16,18). The van der Waals surface area contributed by atoms with Crippen molar-refractivity contribution in [1.82, 2.24) is 9.55 Å². The second-order valence-electron chi connectivity index (χ2n) is 4.49. The van der Waals surface area contributed by atoms with E-state index in [2.05, 4.69) is 4.98 Å². The van der Waals surface area contributed by atoms with E-state index in [0.29, 0.717) is 0 Å². The van der Waals surface area contributed by atoms with Crippen LogP contribution in [0.15, 0.2) is 47.3 Å². The number of nitrogens with one attached hydrogen (secondary N) is 1. The predicted octanol–water partition coefficient (Wildman–Crippen LogP) is 2.64. The highest BCUT2D eigenvalue weighted by Gasteiger charge is 2.09. The number of aryl methyl sites for hydroxylation is 1. The van der Waals surface area contributed by atoms with Gasteiger partial charge in [-0.2, -0.15) is 0 Å². The van der Waals surface area contributed by atoms with Gasteiger partial charge in [0.1, 0.15) is 5.75 Å². The minimum Gasteiger partial charge on any atom is -0.497 e. The van der Waals surface area contributed by atoms with Crippen LogP contribution in [0.2, 0.25) is 0 Å². The molecule has 1 heterocycles. The molecule has 1 aromatic heterocycles. The average molecular weight is 254 g/mol. The first-order valence-corrected chi connectivity index (χ1v) is 6.05. The Balaban J connectivity index is 2.29. The number of aromatic amines is 1. The molecule has 3 rings (SSSR count). The molecule has 0 fully saturated rings. The normalized spacial score (nSPS) is 10.8. The Morgan fingerprint density at radius 3 is 2.79 bits per heavy atom. The number of H-pyrrole nitrogens is 1. The Morgan fingerprint density at radius 2 is 2.00 bits per heavy atom. The third-order valence-corrected chi connectivity index (χ3v) is 3.15. The zero-order valence-electron chi connectivity index (χ0n) is 10.8. The van der Waals surface area contributed by atoms with Gasteiger partial charge in [-0.25, -0.2) is 4.79 Å². The van der Waals surface area contributed by atoms with Crippen molar-refractivity contribution in [2.75, 3.05) is 7.11 Å². The van der Waals surface area contributed by atoms with Crippen molar-refractivity contribution in [1.29, 1.82) is 0 Å². The van der Waals surface area contributed by atoms with E-state index in [1.54, 1.807) is 11.7 Å². The third-order valence-electron chi connectivity index (χ3n) is 3.15. The molecule has 4 nitrogen and oxygen atoms in total. The van der Waals surface area contributed by atoms with Crippen LogP contribution in [0.25, 0.3) is 16.7 Å². The fourth-order valence-electron chi connectivity index (χ4n) is 2.23. The molecule has 4 heteroatoms. The van der Waals surface area contributed by atoms with E-state index < -0.39 is 0 Å². The minimum absolute atomic E-state index is 0.145. The van der Waals surface area contributed by atoms with Gasteiger partial charge in [0.25, 0.3) is 0 Å². The van der Waals surface area contributed by atoms with Crippen LogP contribution in [0.5, 0.6) is 5.75 Å². The summed E-state index contributed by atoms with van der Waals surface area (Å²) >= 11 is 0. The number of hydrogen-bond acceptors (Lipinski definition) is 2. The van der Waals surface area contributed by atoms with Gasteiger partial charge in [0, 0.05) is 6.07 Å². The smallest absolute Gasteiger partial charge is 0.331 e. The molecule has 0 aliphatic carbocycles. The van der Waals surface area contributed by atoms with Gasteiger partial charge < -0.3 is 9.72 Å². The first-order valence-electron chi connectivity index (χ1n) is 6.05. The second-order valence-corrected chi connectivity index (χ2v) is 4.49. The van der Waals surface area contributed by atoms with Crippen LogP contribution in [0.3, 0.4) is 0 Å². The fraction of sp³-hybridized carbons (Fsp3) is 0.133. The molecule has 0 bridgehead atoms. The van der Waals surface area contributed by atoms with Crippen LogP contribution < -0.4 is 10.4 Å². The summed E-state index contributed by atoms with van der Waals surface area (Å²) in [6.45, 7) is 2.00. The molecule has 96 valence electrons. The highest BCUT2D eigenvalue weighted by atomic mass is 16.5. The lowest BCUT2D eigenvalue weighted by molar-refractivity contribution is 0.414. The molecule has 1 N–H and O–H groups in total. The van der Waals surface area contributed by atoms with Gasteiger partial charge >= 0.3 is 5.69 Å². The Bertz CT molecular complexity index is 799. The molecule has 19 heavy (non-hydrogen) atoms. The van der Waals surface area contributed by atoms with E-state index in [9.17, 15) is 4.79 Å². The first kappa shape index (κ1) is 11.6. The van der Waals surface area contributed by atoms with Crippen molar-refractivity contribution in [2.45, 2.75) is 6.92 Å². The molecule has 0 aliphatic rings. The number of fused-ring (bicyclic) bond motifs is 1. The van der Waals surface area contributed by atoms with Crippen molar-refractivity contribution >= 4 is 11.0 Å². The first-order chi connectivity index (χ1) is 9.19. The SMILES string of the molecule is COc1cccc(-n2c(=O)[nH]c3cc(C)ccc32)c1. The maximum atomic E-state index is 12.1. The van der Waals surface area contributed by atoms with E-state index >= 15 is 0 Å². The van der Waals surface area contributed by atoms with Crippen LogP contribution >= 0.6 is 0 Å². The lowest BCUT2D eigenvalue weighted by Gasteiger charge is -2.05. The van der Waals surface area contributed by atoms with Gasteiger partial charge in [-0.05, 0) is 36.8 Å². The van der Waals surface area contributed by atoms with Crippen molar-refractivity contribution in [3.63, 3.8) is 0 Å². The number of imidazole rings is 1. The van der Waals surface area contributed by atoms with Crippen LogP contribution in [-0.4, -0.2) is 16.7 Å². The van der Waals surface area contributed by atoms with Gasteiger partial charge in [0.05, 0.1) is 23.8 Å². The second kappa shape index (κ2) is 4.31. The van der Waals surface area contributed by atoms with Crippen molar-refractivity contribution in [2.24, 2.45) is 0 Å². The molecule has 0 amide bonds. The van der Waals surface area contributed by atoms with Crippen LogP contribution in [0.1, 0.15) is 5.56 Å². The average Bonchev–Trinajstić information content (AvgIpc) is 2.73. The van der Waals surface area contributed by atoms with E-state index in [1.165, 1.54) is 0 Å². The van der Waals surface area contributed by atoms with Gasteiger partial charge in [0.2, 0.25) is 0 Å². The lowest BCUT2D eigenvalue weighted by Crippen LogP contribution is -2.14. The van der Waals surface area contributed by atoms with Crippen molar-refractivity contribution in [3.05, 3.63) is 58.5 Å². The lowest BCUT2D eigenvalue weighted by atomic mass is 10.2. The quantitative estimate of drug-likeness (QED) is 0.764. The molecule has 0 unspecified atom stereocenters. The molecule has 3 aromatic rings. The zero-order valence-corrected chi connectivity index (χ0v) is 10.8. The number of hydrogen-bond donors (Lipinski definition) is 1. The van der Waals surface area contributed by atoms with Gasteiger partial charge in [-0.1, -0.05) is 12.1 Å². The number of ether oxygens (including phenoxy) is 1. The van der Waals surface area contributed by atoms with Crippen LogP contribution in [0.4, 0.5) is 0 Å². The molecule has 0 spiro atoms. The number of methoxy groups -OCH3 is 1. The Labute approximate surface area is 110 Å². The van der Waals surface area contributed by atoms with Gasteiger partial charge in [-0.15, -0.1) is 0 Å². The van der Waals surface area contributed by atoms with Gasteiger partial charge in [0.15, 0.2) is 0 Å². The zero-order chi connectivity index (χ0) is 13.4. The molecule has 0 saturated heterocycles. The summed E-state index contributed by atoms with van der Waals surface area (Å²) in [7, 11) is 1.61. The summed E-state index contributed by atoms with van der Waals surface area (Å²) in [4.78, 5) is 15.0. The highest BCUT2D eigenvalue weighted by Crippen LogP contribution is 2.20. The minimum atomic E-state index is -0.145. The summed E-state index contributed by atoms with van der Waals surface area (Å²) in [6.07, 6.45) is 0. The Morgan fingerprint density at radius 1 is 1.16 bits per heavy atom. The predicted molar refractivity (Wildman–Crippen MR) is 75.2 cm³/mol. The molecule has 0 aliphatic heterocycles. The van der Waals surface area contributed by atoms with Gasteiger partial charge in [-0.3, -0.25) is 4.57 Å². The van der Waals surface area contributed by atoms with E-state index in [4.69, 9.17) is 4.74 Å². The van der Waals surface area contributed by atoms with Crippen molar-refractivity contribution < 1.29 is 4.74 Å². The summed E-state index contributed by atoms with van der Waals surface area (Å²) < 4.78 is 6.85. The number of rotatable bonds is 2. The third kappa shape index (κ3) is 1.91. The molecule has 2 aromatic carbocycles. The number of aromatic nitrogens is 2. The summed E-state index contributed by atoms with van der Waals surface area (Å²) in [5.74, 6) is 0.728. The molecule has 0 saturated carbocycles. The van der Waals surface area contributed by atoms with Crippen molar-refractivity contribution in [3.8, 4) is 11.4 Å². The maximum absolute atomic E-state index is 12.1. The monoisotopic (exact) mass is 254 g/mol. The van der Waals surface area contributed by atoms with E-state index in [1.807, 2.05) is 49.4 Å². The number of nitrogens with zero attached hydrogens (tertiary/aromatic N) is 1. The largest absolute Gasteiger partial charge is 0.497 e. The maximum Gasteiger partial charge on any atom is 0.331 e. The Kier molecular flexibility index (Phi) is 2.63. The number of benzene rings is 2. The topological polar surface area (TPSA) is 47.0 Å². The molecule has 0 atom stereocenters. The van der Waals surface area contributed by atoms with E-state index in [0.717, 1.165) is 28.0 Å². The summed E-state index contributed by atoms with van der Waals surface area (Å²) in [6, 6.07) is 13.4. The van der Waals surface area contributed by atoms with Crippen LogP contribution in [-0.2, 0) is 0 Å². The molecule has 0 radical (unpaired) electrons. The fourth-order valence-corrected chi connectivity index (χ4v) is 2.23. The molecular weight excluding hydrogens is 240 g/mol. The molecular formula is C15H14N2O2. The summed E-state index contributed by atoms with van der Waals surface area (Å²) in [5, 5.41) is 0.